The molecule has 1 aliphatic heterocycles. The Kier molecular flexibility index (Phi) is 2.93. The molecule has 0 unspecified atom stereocenters. The molecule has 18 heavy (non-hydrogen) atoms. The molecule has 0 saturated heterocycles. The molecule has 2 heterocycles. The van der Waals surface area contributed by atoms with Crippen molar-refractivity contribution < 1.29 is 13.9 Å². The van der Waals surface area contributed by atoms with Gasteiger partial charge in [-0.05, 0) is 12.1 Å². The Labute approximate surface area is 108 Å². The molecule has 6 nitrogen and oxygen atoms in total. The minimum Gasteiger partial charge on any atom is -0.454 e. The summed E-state index contributed by atoms with van der Waals surface area (Å²) in [4.78, 5) is 0. The average molecular weight is 268 g/mol. The molecule has 0 amide bonds. The zero-order chi connectivity index (χ0) is 12.4. The number of fused-ring (bicyclic) bond motifs is 1. The summed E-state index contributed by atoms with van der Waals surface area (Å²) in [6.07, 6.45) is 0.553. The molecule has 7 heteroatoms. The second-order valence-electron chi connectivity index (χ2n) is 3.63. The van der Waals surface area contributed by atoms with E-state index in [0.29, 0.717) is 30.0 Å². The van der Waals surface area contributed by atoms with E-state index < -0.39 is 0 Å². The monoisotopic (exact) mass is 267 g/mol. The first kappa shape index (κ1) is 11.2. The van der Waals surface area contributed by atoms with Crippen LogP contribution in [0.2, 0.25) is 0 Å². The molecule has 1 aliphatic rings. The molecule has 0 bridgehead atoms. The van der Waals surface area contributed by atoms with E-state index in [-0.39, 0.29) is 6.79 Å². The summed E-state index contributed by atoms with van der Waals surface area (Å²) < 4.78 is 15.9. The van der Waals surface area contributed by atoms with Crippen LogP contribution < -0.4 is 14.8 Å². The van der Waals surface area contributed by atoms with Crippen LogP contribution in [0.4, 0.5) is 11.7 Å². The highest BCUT2D eigenvalue weighted by Gasteiger charge is 2.14. The number of hydrogen-bond acceptors (Lipinski definition) is 6. The van der Waals surface area contributed by atoms with Crippen molar-refractivity contribution in [1.82, 2.24) is 10.2 Å². The van der Waals surface area contributed by atoms with Gasteiger partial charge in [0, 0.05) is 24.1 Å². The number of anilines is 2. The standard InChI is InChI=1S/C11H10ClN3O3/c12-4-3-10-14-15-11(18-10)13-7-1-2-8-9(5-7)17-6-16-8/h1-2,5H,3-4,6H2,(H,13,15). The molecule has 0 saturated carbocycles. The van der Waals surface area contributed by atoms with Crippen molar-refractivity contribution in [2.24, 2.45) is 0 Å². The molecule has 1 aromatic carbocycles. The van der Waals surface area contributed by atoms with Crippen molar-refractivity contribution in [2.75, 3.05) is 18.0 Å². The number of aromatic nitrogens is 2. The van der Waals surface area contributed by atoms with Crippen LogP contribution in [0, 0.1) is 0 Å². The SMILES string of the molecule is ClCCc1nnc(Nc2ccc3c(c2)OCO3)o1. The van der Waals surface area contributed by atoms with Crippen LogP contribution in [0.25, 0.3) is 0 Å². The summed E-state index contributed by atoms with van der Waals surface area (Å²) in [6, 6.07) is 5.81. The van der Waals surface area contributed by atoms with Gasteiger partial charge in [-0.3, -0.25) is 0 Å². The Morgan fingerprint density at radius 3 is 3.00 bits per heavy atom. The fourth-order valence-corrected chi connectivity index (χ4v) is 1.75. The number of ether oxygens (including phenoxy) is 2. The Balaban J connectivity index is 1.75. The number of rotatable bonds is 4. The van der Waals surface area contributed by atoms with Gasteiger partial charge in [0.05, 0.1) is 0 Å². The van der Waals surface area contributed by atoms with Gasteiger partial charge < -0.3 is 19.2 Å². The molecule has 2 aromatic rings. The van der Waals surface area contributed by atoms with Crippen molar-refractivity contribution in [1.29, 1.82) is 0 Å². The van der Waals surface area contributed by atoms with Gasteiger partial charge in [-0.25, -0.2) is 0 Å². The number of hydrogen-bond donors (Lipinski definition) is 1. The van der Waals surface area contributed by atoms with Crippen LogP contribution in [0.1, 0.15) is 5.89 Å². The highest BCUT2D eigenvalue weighted by Crippen LogP contribution is 2.34. The predicted molar refractivity (Wildman–Crippen MR) is 64.6 cm³/mol. The Morgan fingerprint density at radius 1 is 1.22 bits per heavy atom. The first-order chi connectivity index (χ1) is 8.85. The Hall–Kier alpha value is -1.95. The third kappa shape index (κ3) is 2.19. The van der Waals surface area contributed by atoms with Gasteiger partial charge in [-0.2, -0.15) is 0 Å². The molecule has 3 rings (SSSR count). The topological polar surface area (TPSA) is 69.4 Å². The van der Waals surface area contributed by atoms with Gasteiger partial charge in [0.25, 0.3) is 0 Å². The van der Waals surface area contributed by atoms with Crippen molar-refractivity contribution in [3.05, 3.63) is 24.1 Å². The number of benzene rings is 1. The van der Waals surface area contributed by atoms with Crippen LogP contribution in [0.5, 0.6) is 11.5 Å². The fourth-order valence-electron chi connectivity index (χ4n) is 1.58. The molecular weight excluding hydrogens is 258 g/mol. The molecular formula is C11H10ClN3O3. The van der Waals surface area contributed by atoms with Gasteiger partial charge in [-0.1, -0.05) is 5.10 Å². The Bertz CT molecular complexity index is 558. The highest BCUT2D eigenvalue weighted by molar-refractivity contribution is 6.17. The number of aryl methyl sites for hydroxylation is 1. The summed E-state index contributed by atoms with van der Waals surface area (Å²) >= 11 is 5.59. The minimum atomic E-state index is 0.249. The molecule has 94 valence electrons. The summed E-state index contributed by atoms with van der Waals surface area (Å²) in [5, 5.41) is 10.7. The van der Waals surface area contributed by atoms with Crippen molar-refractivity contribution in [3.63, 3.8) is 0 Å². The van der Waals surface area contributed by atoms with Gasteiger partial charge in [0.15, 0.2) is 11.5 Å². The van der Waals surface area contributed by atoms with E-state index in [0.717, 1.165) is 11.4 Å². The van der Waals surface area contributed by atoms with E-state index in [2.05, 4.69) is 15.5 Å². The normalized spacial score (nSPS) is 12.7. The van der Waals surface area contributed by atoms with E-state index in [1.807, 2.05) is 18.2 Å². The molecule has 0 aliphatic carbocycles. The lowest BCUT2D eigenvalue weighted by molar-refractivity contribution is 0.174. The quantitative estimate of drug-likeness (QED) is 0.858. The van der Waals surface area contributed by atoms with Crippen molar-refractivity contribution in [2.45, 2.75) is 6.42 Å². The second-order valence-corrected chi connectivity index (χ2v) is 4.01. The lowest BCUT2D eigenvalue weighted by Crippen LogP contribution is -1.93. The third-order valence-electron chi connectivity index (χ3n) is 2.40. The second kappa shape index (κ2) is 4.73. The number of nitrogens with zero attached hydrogens (tertiary/aromatic N) is 2. The van der Waals surface area contributed by atoms with Crippen LogP contribution in [0.15, 0.2) is 22.6 Å². The minimum absolute atomic E-state index is 0.249. The third-order valence-corrected chi connectivity index (χ3v) is 2.59. The van der Waals surface area contributed by atoms with Crippen LogP contribution in [0.3, 0.4) is 0 Å². The van der Waals surface area contributed by atoms with E-state index in [1.165, 1.54) is 0 Å². The fraction of sp³-hybridized carbons (Fsp3) is 0.273. The summed E-state index contributed by atoms with van der Waals surface area (Å²) in [7, 11) is 0. The van der Waals surface area contributed by atoms with E-state index in [4.69, 9.17) is 25.5 Å². The lowest BCUT2D eigenvalue weighted by Gasteiger charge is -2.02. The lowest BCUT2D eigenvalue weighted by atomic mass is 10.3. The van der Waals surface area contributed by atoms with Gasteiger partial charge in [0.2, 0.25) is 12.7 Å². The van der Waals surface area contributed by atoms with Crippen LogP contribution in [-0.2, 0) is 6.42 Å². The summed E-state index contributed by atoms with van der Waals surface area (Å²) in [5.74, 6) is 2.38. The van der Waals surface area contributed by atoms with Crippen LogP contribution in [-0.4, -0.2) is 22.9 Å². The smallest absolute Gasteiger partial charge is 0.320 e. The molecule has 0 radical (unpaired) electrons. The number of alkyl halides is 1. The van der Waals surface area contributed by atoms with Gasteiger partial charge in [-0.15, -0.1) is 16.7 Å². The van der Waals surface area contributed by atoms with E-state index in [1.54, 1.807) is 0 Å². The maximum absolute atomic E-state index is 5.59. The van der Waals surface area contributed by atoms with E-state index >= 15 is 0 Å². The molecule has 1 aromatic heterocycles. The Morgan fingerprint density at radius 2 is 2.11 bits per heavy atom. The molecule has 1 N–H and O–H groups in total. The number of nitrogens with one attached hydrogen (secondary N) is 1. The summed E-state index contributed by atoms with van der Waals surface area (Å²) in [5.41, 5.74) is 0.792. The largest absolute Gasteiger partial charge is 0.454 e. The van der Waals surface area contributed by atoms with Gasteiger partial charge >= 0.3 is 6.01 Å². The average Bonchev–Trinajstić information content (AvgIpc) is 2.98. The van der Waals surface area contributed by atoms with Crippen LogP contribution >= 0.6 is 11.6 Å². The first-order valence-electron chi connectivity index (χ1n) is 5.40. The molecule has 0 spiro atoms. The van der Waals surface area contributed by atoms with Crippen molar-refractivity contribution in [3.8, 4) is 11.5 Å². The zero-order valence-electron chi connectivity index (χ0n) is 9.35. The van der Waals surface area contributed by atoms with Gasteiger partial charge in [0.1, 0.15) is 0 Å². The van der Waals surface area contributed by atoms with Crippen molar-refractivity contribution >= 4 is 23.3 Å². The zero-order valence-corrected chi connectivity index (χ0v) is 10.1. The predicted octanol–water partition coefficient (Wildman–Crippen LogP) is 2.32. The maximum Gasteiger partial charge on any atom is 0.320 e. The first-order valence-corrected chi connectivity index (χ1v) is 5.93. The summed E-state index contributed by atoms with van der Waals surface area (Å²) in [6.45, 7) is 0.249. The maximum atomic E-state index is 5.59. The van der Waals surface area contributed by atoms with E-state index in [9.17, 15) is 0 Å². The molecule has 0 atom stereocenters. The number of halogens is 1. The highest BCUT2D eigenvalue weighted by atomic mass is 35.5. The molecule has 0 fully saturated rings.